The van der Waals surface area contributed by atoms with Crippen LogP contribution in [0.4, 0.5) is 4.79 Å². The first-order valence-electron chi connectivity index (χ1n) is 16.9. The van der Waals surface area contributed by atoms with Crippen molar-refractivity contribution in [3.8, 4) is 11.1 Å². The molecule has 0 heterocycles. The lowest BCUT2D eigenvalue weighted by atomic mass is 9.98. The van der Waals surface area contributed by atoms with Gasteiger partial charge in [0.25, 0.3) is 0 Å². The molecule has 1 amide bonds. The van der Waals surface area contributed by atoms with Crippen LogP contribution in [0, 0.1) is 11.8 Å². The molecular formula is C41H49NO7. The van der Waals surface area contributed by atoms with Gasteiger partial charge in [-0.3, -0.25) is 0 Å². The second kappa shape index (κ2) is 17.1. The van der Waals surface area contributed by atoms with Gasteiger partial charge < -0.3 is 24.6 Å². The Labute approximate surface area is 290 Å². The standard InChI is InChI=1S/C41H49NO7/c1-27(2)24-36(42-40(46)47-26-35-33-14-9-7-12-31(33)32-13-8-10-15-34(32)35)39(45)48-37(16-11-17-38(44)49-41(4,5)6)28(3)18-19-29-20-22-30(25-43)23-21-29/h7-15,17-23,27-28,35-37,43H,16,24-26H2,1-6H3,(H,42,46)/b17-11+,19-18+/t28-,36?,37+/m1/s1. The summed E-state index contributed by atoms with van der Waals surface area (Å²) < 4.78 is 17.2. The number of hydrogen-bond donors (Lipinski definition) is 2. The van der Waals surface area contributed by atoms with E-state index in [2.05, 4.69) is 29.6 Å². The van der Waals surface area contributed by atoms with Crippen LogP contribution in [0.2, 0.25) is 0 Å². The predicted octanol–water partition coefficient (Wildman–Crippen LogP) is 7.98. The van der Waals surface area contributed by atoms with Gasteiger partial charge >= 0.3 is 18.0 Å². The Hall–Kier alpha value is -4.69. The highest BCUT2D eigenvalue weighted by atomic mass is 16.6. The number of esters is 2. The first-order chi connectivity index (χ1) is 23.3. The van der Waals surface area contributed by atoms with E-state index < -0.39 is 35.8 Å². The summed E-state index contributed by atoms with van der Waals surface area (Å²) in [6, 6.07) is 22.8. The van der Waals surface area contributed by atoms with Gasteiger partial charge in [0, 0.05) is 24.3 Å². The molecule has 0 aliphatic heterocycles. The lowest BCUT2D eigenvalue weighted by molar-refractivity contribution is -0.153. The summed E-state index contributed by atoms with van der Waals surface area (Å²) in [6.45, 7) is 11.3. The minimum Gasteiger partial charge on any atom is -0.460 e. The predicted molar refractivity (Wildman–Crippen MR) is 191 cm³/mol. The number of carbonyl (C=O) groups is 3. The van der Waals surface area contributed by atoms with E-state index in [1.165, 1.54) is 6.08 Å². The molecule has 0 bridgehead atoms. The van der Waals surface area contributed by atoms with Crippen molar-refractivity contribution >= 4 is 24.1 Å². The molecule has 1 unspecified atom stereocenters. The Balaban J connectivity index is 1.45. The van der Waals surface area contributed by atoms with Crippen LogP contribution in [0.3, 0.4) is 0 Å². The van der Waals surface area contributed by atoms with Crippen LogP contribution in [0.15, 0.2) is 91.0 Å². The fourth-order valence-electron chi connectivity index (χ4n) is 5.82. The molecule has 0 radical (unpaired) electrons. The maximum Gasteiger partial charge on any atom is 0.407 e. The van der Waals surface area contributed by atoms with Crippen molar-refractivity contribution in [2.24, 2.45) is 11.8 Å². The fraction of sp³-hybridized carbons (Fsp3) is 0.390. The molecule has 0 spiro atoms. The van der Waals surface area contributed by atoms with Gasteiger partial charge in [0.1, 0.15) is 24.4 Å². The fourth-order valence-corrected chi connectivity index (χ4v) is 5.82. The number of aliphatic hydroxyl groups excluding tert-OH is 1. The lowest BCUT2D eigenvalue weighted by Gasteiger charge is -2.26. The van der Waals surface area contributed by atoms with Crippen LogP contribution in [-0.4, -0.2) is 47.5 Å². The smallest absolute Gasteiger partial charge is 0.407 e. The van der Waals surface area contributed by atoms with Gasteiger partial charge in [0.2, 0.25) is 0 Å². The van der Waals surface area contributed by atoms with Crippen molar-refractivity contribution in [3.63, 3.8) is 0 Å². The summed E-state index contributed by atoms with van der Waals surface area (Å²) in [5.41, 5.74) is 5.56. The number of nitrogens with one attached hydrogen (secondary N) is 1. The van der Waals surface area contributed by atoms with Crippen LogP contribution in [0.5, 0.6) is 0 Å². The highest BCUT2D eigenvalue weighted by Gasteiger charge is 2.31. The maximum atomic E-state index is 13.7. The van der Waals surface area contributed by atoms with Gasteiger partial charge in [-0.25, -0.2) is 14.4 Å². The highest BCUT2D eigenvalue weighted by Crippen LogP contribution is 2.44. The van der Waals surface area contributed by atoms with Gasteiger partial charge in [-0.15, -0.1) is 0 Å². The molecule has 3 aromatic carbocycles. The van der Waals surface area contributed by atoms with E-state index in [4.69, 9.17) is 14.2 Å². The number of alkyl carbamates (subject to hydrolysis) is 1. The molecule has 49 heavy (non-hydrogen) atoms. The third-order valence-electron chi connectivity index (χ3n) is 8.26. The number of rotatable bonds is 14. The summed E-state index contributed by atoms with van der Waals surface area (Å²) >= 11 is 0. The number of aliphatic hydroxyl groups is 1. The Morgan fingerprint density at radius 3 is 2.08 bits per heavy atom. The van der Waals surface area contributed by atoms with Gasteiger partial charge in [-0.1, -0.05) is 112 Å². The molecule has 8 heteroatoms. The van der Waals surface area contributed by atoms with Crippen molar-refractivity contribution in [1.29, 1.82) is 0 Å². The molecule has 3 atom stereocenters. The van der Waals surface area contributed by atoms with Crippen LogP contribution < -0.4 is 5.32 Å². The van der Waals surface area contributed by atoms with Crippen molar-refractivity contribution in [3.05, 3.63) is 113 Å². The molecule has 8 nitrogen and oxygen atoms in total. The molecule has 1 aliphatic carbocycles. The van der Waals surface area contributed by atoms with Crippen LogP contribution in [0.25, 0.3) is 17.2 Å². The monoisotopic (exact) mass is 667 g/mol. The second-order valence-corrected chi connectivity index (χ2v) is 13.9. The SMILES string of the molecule is CC(C)CC(NC(=O)OCC1c2ccccc2-c2ccccc21)C(=O)O[C@@H](C/C=C/C(=O)OC(C)(C)C)[C@H](C)/C=C/c1ccc(CO)cc1. The highest BCUT2D eigenvalue weighted by molar-refractivity contribution is 5.83. The zero-order valence-corrected chi connectivity index (χ0v) is 29.3. The van der Waals surface area contributed by atoms with E-state index in [1.807, 2.05) is 81.5 Å². The maximum absolute atomic E-state index is 13.7. The quantitative estimate of drug-likeness (QED) is 0.102. The normalized spacial score (nSPS) is 14.7. The van der Waals surface area contributed by atoms with E-state index in [9.17, 15) is 19.5 Å². The third kappa shape index (κ3) is 10.9. The minimum atomic E-state index is -0.935. The summed E-state index contributed by atoms with van der Waals surface area (Å²) in [7, 11) is 0. The molecule has 0 aromatic heterocycles. The van der Waals surface area contributed by atoms with Crippen molar-refractivity contribution in [1.82, 2.24) is 5.32 Å². The van der Waals surface area contributed by atoms with E-state index in [-0.39, 0.29) is 37.4 Å². The molecular weight excluding hydrogens is 618 g/mol. The van der Waals surface area contributed by atoms with Crippen molar-refractivity contribution in [2.45, 2.75) is 84.7 Å². The Bertz CT molecular complexity index is 1590. The Kier molecular flexibility index (Phi) is 13.0. The molecule has 260 valence electrons. The van der Waals surface area contributed by atoms with E-state index in [1.54, 1.807) is 26.8 Å². The molecule has 4 rings (SSSR count). The number of ether oxygens (including phenoxy) is 3. The number of benzene rings is 3. The topological polar surface area (TPSA) is 111 Å². The molecule has 0 fully saturated rings. The molecule has 0 saturated carbocycles. The van der Waals surface area contributed by atoms with Gasteiger partial charge in [0.05, 0.1) is 6.61 Å². The summed E-state index contributed by atoms with van der Waals surface area (Å²) in [5, 5.41) is 12.1. The first-order valence-corrected chi connectivity index (χ1v) is 16.9. The average Bonchev–Trinajstić information content (AvgIpc) is 3.38. The van der Waals surface area contributed by atoms with Crippen LogP contribution in [0.1, 0.15) is 82.6 Å². The minimum absolute atomic E-state index is 0.0377. The number of fused-ring (bicyclic) bond motifs is 3. The molecule has 2 N–H and O–H groups in total. The first kappa shape index (κ1) is 37.1. The van der Waals surface area contributed by atoms with Crippen LogP contribution in [-0.2, 0) is 30.4 Å². The van der Waals surface area contributed by atoms with E-state index in [0.717, 1.165) is 33.4 Å². The zero-order valence-electron chi connectivity index (χ0n) is 29.3. The average molecular weight is 668 g/mol. The molecule has 1 aliphatic rings. The second-order valence-electron chi connectivity index (χ2n) is 13.9. The van der Waals surface area contributed by atoms with E-state index >= 15 is 0 Å². The number of hydrogen-bond acceptors (Lipinski definition) is 7. The van der Waals surface area contributed by atoms with Gasteiger partial charge in [0.15, 0.2) is 0 Å². The van der Waals surface area contributed by atoms with Gasteiger partial charge in [-0.2, -0.15) is 0 Å². The Morgan fingerprint density at radius 1 is 0.898 bits per heavy atom. The van der Waals surface area contributed by atoms with Crippen molar-refractivity contribution in [2.75, 3.05) is 6.61 Å². The third-order valence-corrected chi connectivity index (χ3v) is 8.26. The van der Waals surface area contributed by atoms with Crippen LogP contribution >= 0.6 is 0 Å². The van der Waals surface area contributed by atoms with Crippen molar-refractivity contribution < 1.29 is 33.7 Å². The number of amides is 1. The zero-order chi connectivity index (χ0) is 35.6. The summed E-state index contributed by atoms with van der Waals surface area (Å²) in [5.74, 6) is -1.35. The summed E-state index contributed by atoms with van der Waals surface area (Å²) in [4.78, 5) is 39.2. The van der Waals surface area contributed by atoms with E-state index in [0.29, 0.717) is 6.42 Å². The summed E-state index contributed by atoms with van der Waals surface area (Å²) in [6.07, 6.45) is 6.11. The molecule has 0 saturated heterocycles. The van der Waals surface area contributed by atoms with Gasteiger partial charge in [-0.05, 0) is 66.5 Å². The Morgan fingerprint density at radius 2 is 1.51 bits per heavy atom. The largest absolute Gasteiger partial charge is 0.460 e. The lowest BCUT2D eigenvalue weighted by Crippen LogP contribution is -2.44. The molecule has 3 aromatic rings. The number of carbonyl (C=O) groups excluding carboxylic acids is 3.